The third-order valence-corrected chi connectivity index (χ3v) is 24.5. The summed E-state index contributed by atoms with van der Waals surface area (Å²) in [7, 11) is 0. The van der Waals surface area contributed by atoms with Gasteiger partial charge in [0.2, 0.25) is 0 Å². The van der Waals surface area contributed by atoms with Crippen molar-refractivity contribution in [1.82, 2.24) is 9.13 Å². The quantitative estimate of drug-likeness (QED) is 0.0845. The number of para-hydroxylation sites is 1. The Morgan fingerprint density at radius 2 is 0.893 bits per heavy atom. The minimum Gasteiger partial charge on any atom is -0.313 e. The first-order valence-corrected chi connectivity index (χ1v) is 39.5. The van der Waals surface area contributed by atoms with E-state index in [4.69, 9.17) is 0 Å². The minimum absolute atomic E-state index is 0.118. The van der Waals surface area contributed by atoms with Crippen molar-refractivity contribution >= 4 is 102 Å². The molecule has 13 aromatic carbocycles. The summed E-state index contributed by atoms with van der Waals surface area (Å²) in [6, 6.07) is 109. The van der Waals surface area contributed by atoms with Crippen LogP contribution >= 0.6 is 0 Å². The number of rotatable bonds is 17. The Hall–Kier alpha value is -13.3. The average molecular weight is 1440 g/mol. The molecule has 4 aliphatic rings. The summed E-state index contributed by atoms with van der Waals surface area (Å²) in [5.41, 5.74) is 39.8. The number of anilines is 6. The number of hydrogen-bond donors (Lipinski definition) is 0. The lowest BCUT2D eigenvalue weighted by Crippen LogP contribution is -2.18. The summed E-state index contributed by atoms with van der Waals surface area (Å²) in [5, 5.41) is 3.60. The van der Waals surface area contributed by atoms with E-state index in [0.29, 0.717) is 5.92 Å². The molecule has 19 rings (SSSR count). The monoisotopic (exact) mass is 1440 g/mol. The van der Waals surface area contributed by atoms with Gasteiger partial charge in [0.25, 0.3) is 0 Å². The highest BCUT2D eigenvalue weighted by Gasteiger charge is 2.40. The molecule has 4 aliphatic carbocycles. The van der Waals surface area contributed by atoms with Gasteiger partial charge in [-0.15, -0.1) is 0 Å². The van der Waals surface area contributed by atoms with Crippen LogP contribution in [-0.4, -0.2) is 9.13 Å². The second kappa shape index (κ2) is 27.7. The molecule has 0 bridgehead atoms. The lowest BCUT2D eigenvalue weighted by molar-refractivity contribution is 0.643. The molecule has 0 fully saturated rings. The minimum atomic E-state index is -0.157. The predicted octanol–water partition coefficient (Wildman–Crippen LogP) is 29.7. The molecule has 4 heteroatoms. The van der Waals surface area contributed by atoms with Crippen LogP contribution in [0.1, 0.15) is 105 Å². The van der Waals surface area contributed by atoms with Crippen LogP contribution in [0, 0.1) is 5.92 Å². The maximum atomic E-state index is 4.19. The Morgan fingerprint density at radius 1 is 0.420 bits per heavy atom. The van der Waals surface area contributed by atoms with Gasteiger partial charge >= 0.3 is 0 Å². The second-order valence-corrected chi connectivity index (χ2v) is 31.7. The normalized spacial score (nSPS) is 15.1. The molecule has 1 unspecified atom stereocenters. The van der Waals surface area contributed by atoms with Crippen molar-refractivity contribution in [2.75, 3.05) is 9.80 Å². The largest absolute Gasteiger partial charge is 0.313 e. The van der Waals surface area contributed by atoms with Crippen LogP contribution < -0.4 is 9.80 Å². The van der Waals surface area contributed by atoms with Crippen LogP contribution in [0.25, 0.3) is 129 Å². The molecule has 1 atom stereocenters. The molecule has 0 radical (unpaired) electrons. The first-order valence-electron chi connectivity index (χ1n) is 39.5. The van der Waals surface area contributed by atoms with E-state index in [2.05, 4.69) is 408 Å². The fourth-order valence-electron chi connectivity index (χ4n) is 18.7. The number of benzene rings is 13. The number of allylic oxidation sites excluding steroid dienone is 10. The Bertz CT molecular complexity index is 6510. The molecule has 0 spiro atoms. The zero-order chi connectivity index (χ0) is 76.1. The van der Waals surface area contributed by atoms with E-state index in [9.17, 15) is 0 Å². The van der Waals surface area contributed by atoms with Crippen LogP contribution in [0.2, 0.25) is 0 Å². The van der Waals surface area contributed by atoms with Crippen LogP contribution in [0.15, 0.2) is 353 Å². The predicted molar refractivity (Wildman–Crippen MR) is 480 cm³/mol. The summed E-state index contributed by atoms with van der Waals surface area (Å²) in [4.78, 5) is 4.86. The van der Waals surface area contributed by atoms with E-state index in [0.717, 1.165) is 109 Å². The summed E-state index contributed by atoms with van der Waals surface area (Å²) in [5.74, 6) is 0.481. The fraction of sp³-hybridized carbons (Fsp3) is 0.111. The van der Waals surface area contributed by atoms with Crippen molar-refractivity contribution < 1.29 is 0 Å². The molecule has 0 saturated carbocycles. The van der Waals surface area contributed by atoms with Gasteiger partial charge in [-0.05, 0) is 295 Å². The molecule has 0 aliphatic heterocycles. The Morgan fingerprint density at radius 3 is 1.45 bits per heavy atom. The summed E-state index contributed by atoms with van der Waals surface area (Å²) in [6.45, 7) is 26.3. The molecule has 540 valence electrons. The van der Waals surface area contributed by atoms with Crippen LogP contribution in [-0.2, 0) is 17.3 Å². The standard InChI is InChI=1S/C108H88N4/c1-10-22-83(23-11-2)111-102-58-42-79(75-38-50-87(51-39-75)109(85-46-34-73(35-47-85)77-27-20-25-71(12-3)62-77)89-54-56-92-91-31-17-18-32-98(91)107(6,7)100(92)68-89)64-94(102)96-66-81(44-60-103(96)111)82-45-61-105-97(67-82)95-65-80(43-59-104(95)112(105)84-29-15-14-16-30-84)76-40-52-88(53-41-76)110(86-48-36-74(37-49-86)78-28-21-26-72(13-4)63-78)90-55-57-93-101(69-90)108(8,9)99-33-19-24-70(5)106(93)99/h10-23,25-42,44-58,60-70H,1,3-4,24,43,59H2,2,5-9H3/b23-11-,83-22+. The van der Waals surface area contributed by atoms with E-state index in [1.165, 1.54) is 111 Å². The highest BCUT2D eigenvalue weighted by molar-refractivity contribution is 6.13. The fourth-order valence-corrected chi connectivity index (χ4v) is 18.7. The van der Waals surface area contributed by atoms with Gasteiger partial charge in [0.1, 0.15) is 0 Å². The van der Waals surface area contributed by atoms with Crippen molar-refractivity contribution in [2.24, 2.45) is 5.92 Å². The number of nitrogens with zero attached hydrogens (tertiary/aromatic N) is 4. The Labute approximate surface area is 658 Å². The van der Waals surface area contributed by atoms with E-state index in [1.54, 1.807) is 0 Å². The average Bonchev–Trinajstić information content (AvgIpc) is 1.58. The van der Waals surface area contributed by atoms with Gasteiger partial charge in [-0.3, -0.25) is 0 Å². The molecular formula is C108H88N4. The van der Waals surface area contributed by atoms with Crippen molar-refractivity contribution in [1.29, 1.82) is 0 Å². The summed E-state index contributed by atoms with van der Waals surface area (Å²) < 4.78 is 4.91. The van der Waals surface area contributed by atoms with Gasteiger partial charge in [-0.1, -0.05) is 249 Å². The summed E-state index contributed by atoms with van der Waals surface area (Å²) >= 11 is 0. The number of hydrogen-bond acceptors (Lipinski definition) is 2. The van der Waals surface area contributed by atoms with Crippen molar-refractivity contribution in [3.05, 3.63) is 403 Å². The highest BCUT2D eigenvalue weighted by atomic mass is 15.1. The number of fused-ring (bicyclic) bond motifs is 11. The van der Waals surface area contributed by atoms with E-state index in [1.807, 2.05) is 18.2 Å². The first kappa shape index (κ1) is 69.2. The van der Waals surface area contributed by atoms with Crippen LogP contribution in [0.3, 0.4) is 0 Å². The Kier molecular flexibility index (Phi) is 17.1. The molecule has 0 amide bonds. The van der Waals surface area contributed by atoms with E-state index < -0.39 is 0 Å². The highest BCUT2D eigenvalue weighted by Crippen LogP contribution is 2.55. The Balaban J connectivity index is 0.688. The van der Waals surface area contributed by atoms with Crippen LogP contribution in [0.5, 0.6) is 0 Å². The van der Waals surface area contributed by atoms with Crippen molar-refractivity contribution in [3.8, 4) is 61.3 Å². The lowest BCUT2D eigenvalue weighted by atomic mass is 9.79. The van der Waals surface area contributed by atoms with E-state index >= 15 is 0 Å². The van der Waals surface area contributed by atoms with Crippen molar-refractivity contribution in [3.63, 3.8) is 0 Å². The van der Waals surface area contributed by atoms with Gasteiger partial charge in [0.05, 0.1) is 16.6 Å². The maximum Gasteiger partial charge on any atom is 0.0541 e. The third-order valence-electron chi connectivity index (χ3n) is 24.5. The summed E-state index contributed by atoms with van der Waals surface area (Å²) in [6.07, 6.45) is 22.3. The zero-order valence-electron chi connectivity index (χ0n) is 64.5. The first-order chi connectivity index (χ1) is 54.7. The van der Waals surface area contributed by atoms with Gasteiger partial charge in [0, 0.05) is 83.8 Å². The van der Waals surface area contributed by atoms with Crippen molar-refractivity contribution in [2.45, 2.75) is 71.6 Å². The number of aromatic nitrogens is 2. The molecule has 2 heterocycles. The van der Waals surface area contributed by atoms with Crippen LogP contribution in [0.4, 0.5) is 34.1 Å². The SMILES string of the molecule is C=C/C=C(\C=C/C)n1c2ccc(-c3ccc(N(c4ccc(-c5cccc(C=C)c5)cc4)c4ccc5c(c4)C(C)(C)c4ccccc4-5)cc3)cc2c2cc(-c3ccc4c(c3)c3c(n4-c4ccccc4)CCC(c4ccc(N(c5ccc(-c6cccc(C=C)c6)cc5)c5ccc6c(c5)C(C)(C)C5=C6C(C)CC=C5)cc4)=C3)ccc21. The lowest BCUT2D eigenvalue weighted by Gasteiger charge is -2.29. The maximum absolute atomic E-state index is 4.19. The molecule has 2 aromatic heterocycles. The molecule has 112 heavy (non-hydrogen) atoms. The topological polar surface area (TPSA) is 16.3 Å². The van der Waals surface area contributed by atoms with Gasteiger partial charge < -0.3 is 18.9 Å². The zero-order valence-corrected chi connectivity index (χ0v) is 64.5. The van der Waals surface area contributed by atoms with Gasteiger partial charge in [0.15, 0.2) is 0 Å². The van der Waals surface area contributed by atoms with Gasteiger partial charge in [-0.2, -0.15) is 0 Å². The second-order valence-electron chi connectivity index (χ2n) is 31.7. The third kappa shape index (κ3) is 11.7. The molecular weight excluding hydrogens is 1350 g/mol. The molecule has 15 aromatic rings. The molecule has 4 nitrogen and oxygen atoms in total. The van der Waals surface area contributed by atoms with E-state index in [-0.39, 0.29) is 10.8 Å². The smallest absolute Gasteiger partial charge is 0.0541 e. The molecule has 0 saturated heterocycles. The molecule has 0 N–H and O–H groups in total. The van der Waals surface area contributed by atoms with Gasteiger partial charge in [-0.25, -0.2) is 0 Å².